The third-order valence-electron chi connectivity index (χ3n) is 6.16. The molecule has 0 N–H and O–H groups in total. The van der Waals surface area contributed by atoms with Gasteiger partial charge in [-0.15, -0.1) is 0 Å². The van der Waals surface area contributed by atoms with E-state index in [2.05, 4.69) is 0 Å². The fourth-order valence-corrected chi connectivity index (χ4v) is 7.29. The molecule has 0 radical (unpaired) electrons. The van der Waals surface area contributed by atoms with E-state index in [4.69, 9.17) is 16.3 Å². The monoisotopic (exact) mass is 466 g/mol. The molecule has 0 spiro atoms. The third-order valence-corrected chi connectivity index (χ3v) is 8.95. The van der Waals surface area contributed by atoms with Crippen LogP contribution in [-0.4, -0.2) is 20.8 Å². The number of halogens is 3. The van der Waals surface area contributed by atoms with Gasteiger partial charge in [0.1, 0.15) is 16.3 Å². The molecule has 1 heterocycles. The van der Waals surface area contributed by atoms with Crippen LogP contribution in [0, 0.1) is 17.6 Å². The smallest absolute Gasteiger partial charge is 0.189 e. The van der Waals surface area contributed by atoms with E-state index < -0.39 is 32.1 Å². The second-order valence-corrected chi connectivity index (χ2v) is 10.6. The maximum atomic E-state index is 15.2. The second kappa shape index (κ2) is 8.02. The van der Waals surface area contributed by atoms with Gasteiger partial charge in [-0.25, -0.2) is 17.2 Å². The quantitative estimate of drug-likeness (QED) is 0.567. The Kier molecular flexibility index (Phi) is 5.68. The van der Waals surface area contributed by atoms with Crippen molar-refractivity contribution in [2.45, 2.75) is 42.2 Å². The minimum absolute atomic E-state index is 0.0220. The summed E-state index contributed by atoms with van der Waals surface area (Å²) in [7, 11) is -4.20. The highest BCUT2D eigenvalue weighted by atomic mass is 35.5. The topological polar surface area (TPSA) is 60.4 Å². The lowest BCUT2D eigenvalue weighted by molar-refractivity contribution is -0.116. The number of ether oxygens (including phenoxy) is 1. The van der Waals surface area contributed by atoms with Crippen molar-refractivity contribution in [1.29, 1.82) is 0 Å². The maximum Gasteiger partial charge on any atom is 0.189 e. The molecule has 2 aromatic carbocycles. The van der Waals surface area contributed by atoms with E-state index in [1.807, 2.05) is 0 Å². The van der Waals surface area contributed by atoms with Crippen molar-refractivity contribution in [3.63, 3.8) is 0 Å². The zero-order valence-corrected chi connectivity index (χ0v) is 18.4. The first-order valence-corrected chi connectivity index (χ1v) is 11.8. The molecule has 2 atom stereocenters. The minimum atomic E-state index is -4.20. The van der Waals surface area contributed by atoms with Crippen LogP contribution in [0.1, 0.15) is 38.2 Å². The van der Waals surface area contributed by atoms with Gasteiger partial charge in [-0.05, 0) is 62.6 Å². The van der Waals surface area contributed by atoms with Gasteiger partial charge in [0.2, 0.25) is 0 Å². The van der Waals surface area contributed by atoms with Crippen LogP contribution in [0.4, 0.5) is 8.78 Å². The molecule has 0 bridgehead atoms. The maximum absolute atomic E-state index is 15.2. The highest BCUT2D eigenvalue weighted by molar-refractivity contribution is 7.92. The van der Waals surface area contributed by atoms with Gasteiger partial charge in [0, 0.05) is 17.4 Å². The number of ketones is 1. The summed E-state index contributed by atoms with van der Waals surface area (Å²) >= 11 is 5.94. The first-order chi connectivity index (χ1) is 14.7. The van der Waals surface area contributed by atoms with Crippen LogP contribution in [-0.2, 0) is 19.4 Å². The lowest BCUT2D eigenvalue weighted by Crippen LogP contribution is -2.51. The summed E-state index contributed by atoms with van der Waals surface area (Å²) in [5.41, 5.74) is 0.445. The van der Waals surface area contributed by atoms with Gasteiger partial charge in [0.05, 0.1) is 17.1 Å². The molecular formula is C23H21ClF2O4S. The molecular weight excluding hydrogens is 446 g/mol. The largest absolute Gasteiger partial charge is 0.489 e. The minimum Gasteiger partial charge on any atom is -0.489 e. The second-order valence-electron chi connectivity index (χ2n) is 7.98. The SMILES string of the molecule is CC(=O)CC=C1CCC[C@@]2(S(=O)(=O)c3ccc(Cl)cc3)c3c(F)ccc(F)c3OC[C@@H]12. The molecule has 0 amide bonds. The van der Waals surface area contributed by atoms with E-state index in [1.54, 1.807) is 6.08 Å². The number of carbonyl (C=O) groups is 1. The normalized spacial score (nSPS) is 24.3. The van der Waals surface area contributed by atoms with Gasteiger partial charge in [0.25, 0.3) is 0 Å². The summed E-state index contributed by atoms with van der Waals surface area (Å²) in [6.45, 7) is 1.32. The summed E-state index contributed by atoms with van der Waals surface area (Å²) in [6.07, 6.45) is 2.97. The number of fused-ring (bicyclic) bond motifs is 3. The van der Waals surface area contributed by atoms with Gasteiger partial charge in [-0.3, -0.25) is 4.79 Å². The first-order valence-electron chi connectivity index (χ1n) is 9.98. The highest BCUT2D eigenvalue weighted by Crippen LogP contribution is 2.58. The molecule has 164 valence electrons. The number of benzene rings is 2. The molecule has 0 aromatic heterocycles. The molecule has 4 rings (SSSR count). The summed E-state index contributed by atoms with van der Waals surface area (Å²) in [5.74, 6) is -2.81. The molecule has 4 nitrogen and oxygen atoms in total. The Morgan fingerprint density at radius 2 is 1.87 bits per heavy atom. The van der Waals surface area contributed by atoms with Gasteiger partial charge in [0.15, 0.2) is 21.4 Å². The molecule has 1 aliphatic carbocycles. The number of allylic oxidation sites excluding steroid dienone is 1. The van der Waals surface area contributed by atoms with Gasteiger partial charge < -0.3 is 4.74 Å². The van der Waals surface area contributed by atoms with Gasteiger partial charge >= 0.3 is 0 Å². The van der Waals surface area contributed by atoms with Crippen molar-refractivity contribution in [1.82, 2.24) is 0 Å². The van der Waals surface area contributed by atoms with Crippen LogP contribution in [0.25, 0.3) is 0 Å². The Morgan fingerprint density at radius 1 is 1.19 bits per heavy atom. The molecule has 0 unspecified atom stereocenters. The van der Waals surface area contributed by atoms with E-state index in [9.17, 15) is 17.6 Å². The van der Waals surface area contributed by atoms with Crippen LogP contribution >= 0.6 is 11.6 Å². The van der Waals surface area contributed by atoms with Gasteiger partial charge in [-0.1, -0.05) is 23.3 Å². The van der Waals surface area contributed by atoms with E-state index in [0.29, 0.717) is 23.4 Å². The number of sulfone groups is 1. The van der Waals surface area contributed by atoms with E-state index in [1.165, 1.54) is 31.2 Å². The average molecular weight is 467 g/mol. The molecule has 1 aliphatic heterocycles. The van der Waals surface area contributed by atoms with Crippen molar-refractivity contribution in [3.05, 3.63) is 70.3 Å². The fourth-order valence-electron chi connectivity index (χ4n) is 4.78. The average Bonchev–Trinajstić information content (AvgIpc) is 2.74. The lowest BCUT2D eigenvalue weighted by Gasteiger charge is -2.48. The van der Waals surface area contributed by atoms with Crippen molar-refractivity contribution in [2.75, 3.05) is 6.61 Å². The van der Waals surface area contributed by atoms with Crippen LogP contribution in [0.15, 0.2) is 52.9 Å². The van der Waals surface area contributed by atoms with Crippen molar-refractivity contribution < 1.29 is 26.7 Å². The predicted molar refractivity (Wildman–Crippen MR) is 113 cm³/mol. The van der Waals surface area contributed by atoms with Crippen molar-refractivity contribution in [2.24, 2.45) is 5.92 Å². The lowest BCUT2D eigenvalue weighted by atomic mass is 9.70. The molecule has 2 aromatic rings. The van der Waals surface area contributed by atoms with Crippen LogP contribution in [0.2, 0.25) is 5.02 Å². The summed E-state index contributed by atoms with van der Waals surface area (Å²) < 4.78 is 61.8. The van der Waals surface area contributed by atoms with Crippen LogP contribution < -0.4 is 4.74 Å². The molecule has 31 heavy (non-hydrogen) atoms. The Labute approximate surface area is 184 Å². The number of hydrogen-bond acceptors (Lipinski definition) is 4. The highest BCUT2D eigenvalue weighted by Gasteiger charge is 2.59. The van der Waals surface area contributed by atoms with Crippen molar-refractivity contribution in [3.8, 4) is 5.75 Å². The Bertz CT molecular complexity index is 1170. The molecule has 8 heteroatoms. The van der Waals surface area contributed by atoms with Crippen molar-refractivity contribution >= 4 is 27.2 Å². The number of rotatable bonds is 4. The fraction of sp³-hybridized carbons (Fsp3) is 0.348. The summed E-state index contributed by atoms with van der Waals surface area (Å²) in [4.78, 5) is 11.5. The molecule has 1 saturated carbocycles. The molecule has 0 saturated heterocycles. The van der Waals surface area contributed by atoms with Crippen LogP contribution in [0.3, 0.4) is 0 Å². The number of carbonyl (C=O) groups excluding carboxylic acids is 1. The third kappa shape index (κ3) is 3.48. The number of Topliss-reactive ketones (excluding diaryl/α,β-unsaturated/α-hetero) is 1. The Hall–Kier alpha value is -2.25. The van der Waals surface area contributed by atoms with Crippen LogP contribution in [0.5, 0.6) is 5.75 Å². The standard InChI is InChI=1S/C23H21ClF2O4S/c1-14(27)4-5-15-3-2-12-23(31(28,29)17-8-6-16(24)7-9-17)18(15)13-30-22-20(26)11-10-19(25)21(22)23/h5-11,18H,2-4,12-13H2,1H3/t18-,23-/m0/s1. The van der Waals surface area contributed by atoms with Gasteiger partial charge in [-0.2, -0.15) is 0 Å². The predicted octanol–water partition coefficient (Wildman–Crippen LogP) is 5.39. The van der Waals surface area contributed by atoms with E-state index >= 15 is 4.39 Å². The zero-order chi connectivity index (χ0) is 22.4. The molecule has 2 aliphatic rings. The Balaban J connectivity index is 2.02. The zero-order valence-electron chi connectivity index (χ0n) is 16.8. The van der Waals surface area contributed by atoms with E-state index in [0.717, 1.165) is 12.1 Å². The summed E-state index contributed by atoms with van der Waals surface area (Å²) in [6, 6.07) is 7.54. The first kappa shape index (κ1) is 22.0. The Morgan fingerprint density at radius 3 is 2.55 bits per heavy atom. The summed E-state index contributed by atoms with van der Waals surface area (Å²) in [5, 5.41) is 0.364. The molecule has 1 fully saturated rings. The number of hydrogen-bond donors (Lipinski definition) is 0. The van der Waals surface area contributed by atoms with E-state index in [-0.39, 0.29) is 41.4 Å².